The van der Waals surface area contributed by atoms with Gasteiger partial charge in [-0.25, -0.2) is 8.78 Å². The van der Waals surface area contributed by atoms with Crippen molar-refractivity contribution in [3.05, 3.63) is 0 Å². The highest BCUT2D eigenvalue weighted by molar-refractivity contribution is 5.86. The molecule has 1 fully saturated rings. The molecular weight excluding hydrogens is 202 g/mol. The van der Waals surface area contributed by atoms with Gasteiger partial charge in [-0.1, -0.05) is 0 Å². The zero-order valence-corrected chi connectivity index (χ0v) is 9.22. The second kappa shape index (κ2) is 4.16. The summed E-state index contributed by atoms with van der Waals surface area (Å²) < 4.78 is 26.1. The summed E-state index contributed by atoms with van der Waals surface area (Å²) in [6.45, 7) is 2.80. The highest BCUT2D eigenvalue weighted by Crippen LogP contribution is 2.38. The standard InChI is InChI=1S/C11H18F2O2/c1-10(2,15)9(14)6-8-4-3-5-11(12,13)7-8/h8,15H,3-7H2,1-2H3. The second-order valence-corrected chi connectivity index (χ2v) is 5.00. The molecule has 2 nitrogen and oxygen atoms in total. The lowest BCUT2D eigenvalue weighted by Gasteiger charge is -2.29. The Kier molecular flexibility index (Phi) is 3.48. The predicted molar refractivity (Wildman–Crippen MR) is 52.8 cm³/mol. The maximum atomic E-state index is 13.0. The van der Waals surface area contributed by atoms with Gasteiger partial charge in [0.05, 0.1) is 0 Å². The molecule has 0 saturated heterocycles. The van der Waals surface area contributed by atoms with Crippen molar-refractivity contribution in [2.24, 2.45) is 5.92 Å². The van der Waals surface area contributed by atoms with Crippen LogP contribution in [0, 0.1) is 5.92 Å². The van der Waals surface area contributed by atoms with Gasteiger partial charge in [-0.15, -0.1) is 0 Å². The minimum Gasteiger partial charge on any atom is -0.383 e. The Morgan fingerprint density at radius 3 is 2.60 bits per heavy atom. The van der Waals surface area contributed by atoms with Crippen molar-refractivity contribution in [2.75, 3.05) is 0 Å². The molecule has 1 atom stereocenters. The summed E-state index contributed by atoms with van der Waals surface area (Å²) >= 11 is 0. The summed E-state index contributed by atoms with van der Waals surface area (Å²) in [5.41, 5.74) is -1.40. The number of aliphatic hydroxyl groups is 1. The monoisotopic (exact) mass is 220 g/mol. The van der Waals surface area contributed by atoms with E-state index in [-0.39, 0.29) is 31.0 Å². The molecule has 1 unspecified atom stereocenters. The third-order valence-electron chi connectivity index (χ3n) is 2.90. The van der Waals surface area contributed by atoms with Crippen molar-refractivity contribution in [1.29, 1.82) is 0 Å². The van der Waals surface area contributed by atoms with Crippen molar-refractivity contribution in [1.82, 2.24) is 0 Å². The summed E-state index contributed by atoms with van der Waals surface area (Å²) in [4.78, 5) is 11.4. The molecule has 1 N–H and O–H groups in total. The third-order valence-corrected chi connectivity index (χ3v) is 2.90. The molecule has 88 valence electrons. The first-order valence-corrected chi connectivity index (χ1v) is 5.34. The van der Waals surface area contributed by atoms with Crippen LogP contribution in [0.5, 0.6) is 0 Å². The fourth-order valence-corrected chi connectivity index (χ4v) is 1.96. The van der Waals surface area contributed by atoms with Crippen LogP contribution < -0.4 is 0 Å². The van der Waals surface area contributed by atoms with Crippen LogP contribution >= 0.6 is 0 Å². The van der Waals surface area contributed by atoms with Gasteiger partial charge in [-0.05, 0) is 32.6 Å². The van der Waals surface area contributed by atoms with Crippen LogP contribution in [0.1, 0.15) is 46.0 Å². The first-order valence-electron chi connectivity index (χ1n) is 5.34. The van der Waals surface area contributed by atoms with Crippen molar-refractivity contribution in [3.8, 4) is 0 Å². The van der Waals surface area contributed by atoms with E-state index in [9.17, 15) is 18.7 Å². The van der Waals surface area contributed by atoms with Gasteiger partial charge in [0.1, 0.15) is 5.60 Å². The van der Waals surface area contributed by atoms with E-state index in [2.05, 4.69) is 0 Å². The minimum absolute atomic E-state index is 0.0685. The molecule has 0 amide bonds. The molecule has 0 bridgehead atoms. The first kappa shape index (κ1) is 12.6. The van der Waals surface area contributed by atoms with Gasteiger partial charge < -0.3 is 5.11 Å². The van der Waals surface area contributed by atoms with Crippen molar-refractivity contribution in [2.45, 2.75) is 57.5 Å². The van der Waals surface area contributed by atoms with Gasteiger partial charge in [0.25, 0.3) is 0 Å². The van der Waals surface area contributed by atoms with E-state index in [4.69, 9.17) is 0 Å². The first-order chi connectivity index (χ1) is 6.71. The Hall–Kier alpha value is -0.510. The number of hydrogen-bond donors (Lipinski definition) is 1. The van der Waals surface area contributed by atoms with Crippen LogP contribution in [0.4, 0.5) is 8.78 Å². The van der Waals surface area contributed by atoms with Gasteiger partial charge in [0.2, 0.25) is 5.92 Å². The molecule has 4 heteroatoms. The number of ketones is 1. The lowest BCUT2D eigenvalue weighted by atomic mass is 9.81. The summed E-state index contributed by atoms with van der Waals surface area (Å²) in [6, 6.07) is 0. The number of alkyl halides is 2. The van der Waals surface area contributed by atoms with E-state index >= 15 is 0 Å². The predicted octanol–water partition coefficient (Wildman–Crippen LogP) is 2.54. The Morgan fingerprint density at radius 1 is 1.53 bits per heavy atom. The van der Waals surface area contributed by atoms with Gasteiger partial charge in [0, 0.05) is 19.3 Å². The molecule has 0 aliphatic heterocycles. The lowest BCUT2D eigenvalue weighted by molar-refractivity contribution is -0.136. The smallest absolute Gasteiger partial charge is 0.248 e. The molecule has 0 radical (unpaired) electrons. The summed E-state index contributed by atoms with van der Waals surface area (Å²) in [6.07, 6.45) is 0.919. The number of hydrogen-bond acceptors (Lipinski definition) is 2. The Balaban J connectivity index is 2.49. The fourth-order valence-electron chi connectivity index (χ4n) is 1.96. The Labute approximate surface area is 88.7 Å². The quantitative estimate of drug-likeness (QED) is 0.793. The van der Waals surface area contributed by atoms with Crippen LogP contribution in [-0.4, -0.2) is 22.4 Å². The molecule has 0 aromatic heterocycles. The van der Waals surface area contributed by atoms with Gasteiger partial charge in [-0.3, -0.25) is 4.79 Å². The summed E-state index contributed by atoms with van der Waals surface area (Å²) in [5.74, 6) is -3.24. The molecule has 1 aliphatic carbocycles. The maximum Gasteiger partial charge on any atom is 0.248 e. The molecule has 1 saturated carbocycles. The molecule has 0 aromatic carbocycles. The van der Waals surface area contributed by atoms with Crippen LogP contribution in [0.15, 0.2) is 0 Å². The zero-order chi connectivity index (χ0) is 11.7. The number of Topliss-reactive ketones (excluding diaryl/α,β-unsaturated/α-hetero) is 1. The molecule has 1 aliphatic rings. The minimum atomic E-state index is -2.62. The van der Waals surface area contributed by atoms with E-state index in [0.717, 1.165) is 0 Å². The van der Waals surface area contributed by atoms with Crippen molar-refractivity contribution in [3.63, 3.8) is 0 Å². The highest BCUT2D eigenvalue weighted by atomic mass is 19.3. The van der Waals surface area contributed by atoms with Crippen molar-refractivity contribution >= 4 is 5.78 Å². The topological polar surface area (TPSA) is 37.3 Å². The molecule has 0 heterocycles. The molecule has 0 aromatic rings. The molecule has 0 spiro atoms. The van der Waals surface area contributed by atoms with E-state index in [0.29, 0.717) is 12.8 Å². The molecular formula is C11H18F2O2. The van der Waals surface area contributed by atoms with Gasteiger partial charge in [0.15, 0.2) is 5.78 Å². The van der Waals surface area contributed by atoms with Crippen molar-refractivity contribution < 1.29 is 18.7 Å². The lowest BCUT2D eigenvalue weighted by Crippen LogP contribution is -2.35. The third kappa shape index (κ3) is 3.86. The van der Waals surface area contributed by atoms with Crippen LogP contribution in [0.3, 0.4) is 0 Å². The van der Waals surface area contributed by atoms with Gasteiger partial charge >= 0.3 is 0 Å². The van der Waals surface area contributed by atoms with Crippen LogP contribution in [0.2, 0.25) is 0 Å². The Bertz CT molecular complexity index is 243. The average Bonchev–Trinajstić information content (AvgIpc) is 2.00. The SMILES string of the molecule is CC(C)(O)C(=O)CC1CCCC(F)(F)C1. The van der Waals surface area contributed by atoms with E-state index in [1.807, 2.05) is 0 Å². The Morgan fingerprint density at radius 2 is 2.13 bits per heavy atom. The van der Waals surface area contributed by atoms with E-state index < -0.39 is 11.5 Å². The molecule has 1 rings (SSSR count). The van der Waals surface area contributed by atoms with Crippen LogP contribution in [0.25, 0.3) is 0 Å². The second-order valence-electron chi connectivity index (χ2n) is 5.00. The fraction of sp³-hybridized carbons (Fsp3) is 0.909. The largest absolute Gasteiger partial charge is 0.383 e. The summed E-state index contributed by atoms with van der Waals surface area (Å²) in [5, 5.41) is 9.41. The number of carbonyl (C=O) groups is 1. The normalized spacial score (nSPS) is 26.3. The van der Waals surface area contributed by atoms with Crippen LogP contribution in [-0.2, 0) is 4.79 Å². The number of halogens is 2. The molecule has 15 heavy (non-hydrogen) atoms. The number of rotatable bonds is 3. The summed E-state index contributed by atoms with van der Waals surface area (Å²) in [7, 11) is 0. The maximum absolute atomic E-state index is 13.0. The average molecular weight is 220 g/mol. The zero-order valence-electron chi connectivity index (χ0n) is 9.22. The highest BCUT2D eigenvalue weighted by Gasteiger charge is 2.38. The van der Waals surface area contributed by atoms with E-state index in [1.165, 1.54) is 13.8 Å². The number of carbonyl (C=O) groups excluding carboxylic acids is 1. The van der Waals surface area contributed by atoms with E-state index in [1.54, 1.807) is 0 Å². The van der Waals surface area contributed by atoms with Gasteiger partial charge in [-0.2, -0.15) is 0 Å².